The summed E-state index contributed by atoms with van der Waals surface area (Å²) < 4.78 is 28.5. The molecule has 0 spiro atoms. The number of nitrogens with zero attached hydrogens (tertiary/aromatic N) is 4. The number of carbonyl (C=O) groups excluding carboxylic acids is 1. The van der Waals surface area contributed by atoms with E-state index in [1.807, 2.05) is 10.9 Å². The van der Waals surface area contributed by atoms with E-state index in [1.165, 1.54) is 44.6 Å². The smallest absolute Gasteiger partial charge is 0.333 e. The Labute approximate surface area is 193 Å². The summed E-state index contributed by atoms with van der Waals surface area (Å²) in [6.07, 6.45) is 10.8. The number of hydrogen-bond acceptors (Lipinski definition) is 9. The van der Waals surface area contributed by atoms with Crippen LogP contribution >= 0.6 is 0 Å². The predicted molar refractivity (Wildman–Crippen MR) is 119 cm³/mol. The normalized spacial score (nSPS) is 24.1. The molecule has 0 amide bonds. The molecular formula is C21H30N6O5S. The fraction of sp³-hybridized carbons (Fsp3) is 0.619. The Hall–Kier alpha value is -2.41. The van der Waals surface area contributed by atoms with Gasteiger partial charge in [-0.2, -0.15) is 13.5 Å². The summed E-state index contributed by atoms with van der Waals surface area (Å²) in [7, 11) is -4.07. The molecule has 4 rings (SSSR count). The summed E-state index contributed by atoms with van der Waals surface area (Å²) in [5, 5.41) is 22.8. The zero-order chi connectivity index (χ0) is 23.4. The van der Waals surface area contributed by atoms with Crippen molar-refractivity contribution in [1.29, 1.82) is 0 Å². The molecule has 2 aliphatic carbocycles. The van der Waals surface area contributed by atoms with Crippen molar-refractivity contribution in [1.82, 2.24) is 19.7 Å². The third-order valence-electron chi connectivity index (χ3n) is 6.44. The van der Waals surface area contributed by atoms with Crippen LogP contribution in [0.15, 0.2) is 24.8 Å². The van der Waals surface area contributed by atoms with Gasteiger partial charge in [0.05, 0.1) is 18.3 Å². The number of carbonyl (C=O) groups is 1. The SMILES string of the molecule is NS(=O)(=O)OC[C@H]1C[C@@H](Nc2ncncc2C(=O)c2ccn(CC3CCCCC3)n2)C[C@@H]1O. The number of nitrogens with two attached hydrogens (primary N) is 1. The van der Waals surface area contributed by atoms with Crippen LogP contribution in [0.4, 0.5) is 5.82 Å². The van der Waals surface area contributed by atoms with E-state index in [0.717, 1.165) is 6.54 Å². The molecule has 2 saturated carbocycles. The molecule has 2 aromatic heterocycles. The maximum Gasteiger partial charge on any atom is 0.333 e. The summed E-state index contributed by atoms with van der Waals surface area (Å²) >= 11 is 0. The summed E-state index contributed by atoms with van der Waals surface area (Å²) in [4.78, 5) is 21.4. The second-order valence-corrected chi connectivity index (χ2v) is 10.2. The van der Waals surface area contributed by atoms with Gasteiger partial charge in [-0.05, 0) is 37.7 Å². The van der Waals surface area contributed by atoms with Gasteiger partial charge in [0.25, 0.3) is 0 Å². The molecule has 2 aromatic rings. The number of rotatable bonds is 9. The lowest BCUT2D eigenvalue weighted by Crippen LogP contribution is -2.24. The molecule has 2 fully saturated rings. The van der Waals surface area contributed by atoms with Gasteiger partial charge in [-0.3, -0.25) is 13.7 Å². The van der Waals surface area contributed by atoms with Crippen molar-refractivity contribution in [2.75, 3.05) is 11.9 Å². The first-order valence-corrected chi connectivity index (χ1v) is 12.8. The van der Waals surface area contributed by atoms with E-state index in [0.29, 0.717) is 35.8 Å². The number of hydrogen-bond donors (Lipinski definition) is 3. The first-order chi connectivity index (χ1) is 15.8. The van der Waals surface area contributed by atoms with Crippen molar-refractivity contribution in [3.8, 4) is 0 Å². The van der Waals surface area contributed by atoms with Crippen LogP contribution in [0.5, 0.6) is 0 Å². The zero-order valence-electron chi connectivity index (χ0n) is 18.3. The Morgan fingerprint density at radius 2 is 2.06 bits per heavy atom. The van der Waals surface area contributed by atoms with Gasteiger partial charge < -0.3 is 10.4 Å². The van der Waals surface area contributed by atoms with Crippen LogP contribution in [0.3, 0.4) is 0 Å². The molecule has 4 N–H and O–H groups in total. The fourth-order valence-electron chi connectivity index (χ4n) is 4.74. The Balaban J connectivity index is 1.41. The lowest BCUT2D eigenvalue weighted by molar-refractivity contribution is 0.101. The second-order valence-electron chi connectivity index (χ2n) is 8.96. The van der Waals surface area contributed by atoms with Gasteiger partial charge >= 0.3 is 10.3 Å². The number of aliphatic hydroxyl groups is 1. The standard InChI is InChI=1S/C21H30N6O5S/c22-33(30,31)32-12-15-8-16(9-19(15)28)25-21-17(10-23-13-24-21)20(29)18-6-7-27(26-18)11-14-4-2-1-3-5-14/h6-7,10,13-16,19,28H,1-5,8-9,11-12H2,(H2,22,30,31)(H,23,24,25)/t15-,16-,19+/m1/s1. The molecule has 0 saturated heterocycles. The summed E-state index contributed by atoms with van der Waals surface area (Å²) in [6, 6.07) is 1.49. The topological polar surface area (TPSA) is 162 Å². The zero-order valence-corrected chi connectivity index (χ0v) is 19.2. The van der Waals surface area contributed by atoms with Gasteiger partial charge in [-0.15, -0.1) is 0 Å². The Morgan fingerprint density at radius 3 is 2.82 bits per heavy atom. The summed E-state index contributed by atoms with van der Waals surface area (Å²) in [6.45, 7) is 0.609. The van der Waals surface area contributed by atoms with Gasteiger partial charge in [-0.25, -0.2) is 15.1 Å². The van der Waals surface area contributed by atoms with Gasteiger partial charge in [0.15, 0.2) is 0 Å². The number of aromatic nitrogens is 4. The average molecular weight is 479 g/mol. The van der Waals surface area contributed by atoms with Gasteiger partial charge in [0, 0.05) is 30.9 Å². The molecule has 0 aliphatic heterocycles. The molecule has 0 radical (unpaired) electrons. The molecule has 0 bridgehead atoms. The maximum atomic E-state index is 13.1. The molecule has 0 aromatic carbocycles. The predicted octanol–water partition coefficient (Wildman–Crippen LogP) is 1.26. The molecule has 3 atom stereocenters. The van der Waals surface area contributed by atoms with Crippen molar-refractivity contribution in [3.05, 3.63) is 36.0 Å². The highest BCUT2D eigenvalue weighted by molar-refractivity contribution is 7.84. The highest BCUT2D eigenvalue weighted by Gasteiger charge is 2.35. The van der Waals surface area contributed by atoms with Crippen molar-refractivity contribution < 1.29 is 22.5 Å². The molecular weight excluding hydrogens is 448 g/mol. The van der Waals surface area contributed by atoms with Crippen LogP contribution in [-0.2, 0) is 21.0 Å². The monoisotopic (exact) mass is 478 g/mol. The summed E-state index contributed by atoms with van der Waals surface area (Å²) in [5.41, 5.74) is 0.619. The number of anilines is 1. The van der Waals surface area contributed by atoms with E-state index in [4.69, 9.17) is 5.14 Å². The molecule has 11 nitrogen and oxygen atoms in total. The van der Waals surface area contributed by atoms with E-state index in [-0.39, 0.29) is 18.4 Å². The summed E-state index contributed by atoms with van der Waals surface area (Å²) in [5.74, 6) is 0.256. The van der Waals surface area contributed by atoms with E-state index >= 15 is 0 Å². The minimum Gasteiger partial charge on any atom is -0.393 e. The minimum absolute atomic E-state index is 0.202. The highest BCUT2D eigenvalue weighted by Crippen LogP contribution is 2.30. The molecule has 12 heteroatoms. The van der Waals surface area contributed by atoms with Crippen LogP contribution in [0, 0.1) is 11.8 Å². The van der Waals surface area contributed by atoms with Crippen molar-refractivity contribution in [3.63, 3.8) is 0 Å². The quantitative estimate of drug-likeness (QED) is 0.450. The van der Waals surface area contributed by atoms with Crippen LogP contribution in [0.25, 0.3) is 0 Å². The lowest BCUT2D eigenvalue weighted by atomic mass is 9.89. The largest absolute Gasteiger partial charge is 0.393 e. The Bertz CT molecular complexity index is 1070. The number of nitrogens with one attached hydrogen (secondary N) is 1. The van der Waals surface area contributed by atoms with E-state index in [1.54, 1.807) is 6.07 Å². The molecule has 0 unspecified atom stereocenters. The van der Waals surface area contributed by atoms with Crippen molar-refractivity contribution >= 4 is 21.9 Å². The van der Waals surface area contributed by atoms with Gasteiger partial charge in [0.1, 0.15) is 17.8 Å². The Kier molecular flexibility index (Phi) is 7.37. The van der Waals surface area contributed by atoms with E-state index < -0.39 is 22.3 Å². The highest BCUT2D eigenvalue weighted by atomic mass is 32.2. The second kappa shape index (κ2) is 10.2. The Morgan fingerprint density at radius 1 is 1.27 bits per heavy atom. The number of aliphatic hydroxyl groups excluding tert-OH is 1. The molecule has 2 aliphatic rings. The maximum absolute atomic E-state index is 13.1. The molecule has 180 valence electrons. The molecule has 33 heavy (non-hydrogen) atoms. The number of ketones is 1. The first kappa shape index (κ1) is 23.7. The van der Waals surface area contributed by atoms with Crippen LogP contribution in [0.2, 0.25) is 0 Å². The van der Waals surface area contributed by atoms with E-state index in [9.17, 15) is 18.3 Å². The van der Waals surface area contributed by atoms with Crippen molar-refractivity contribution in [2.45, 2.75) is 63.6 Å². The third kappa shape index (κ3) is 6.34. The average Bonchev–Trinajstić information content (AvgIpc) is 3.38. The van der Waals surface area contributed by atoms with E-state index in [2.05, 4.69) is 24.6 Å². The van der Waals surface area contributed by atoms with Crippen molar-refractivity contribution in [2.24, 2.45) is 17.0 Å². The van der Waals surface area contributed by atoms with Crippen LogP contribution in [0.1, 0.15) is 61.0 Å². The lowest BCUT2D eigenvalue weighted by Gasteiger charge is -2.21. The van der Waals surface area contributed by atoms with Gasteiger partial charge in [-0.1, -0.05) is 19.3 Å². The van der Waals surface area contributed by atoms with Gasteiger partial charge in [0.2, 0.25) is 5.78 Å². The van der Waals surface area contributed by atoms with Crippen LogP contribution in [-0.4, -0.2) is 57.8 Å². The molecule has 2 heterocycles. The first-order valence-electron chi connectivity index (χ1n) is 11.3. The third-order valence-corrected chi connectivity index (χ3v) is 6.91. The van der Waals surface area contributed by atoms with Crippen LogP contribution < -0.4 is 10.5 Å². The minimum atomic E-state index is -4.07. The fourth-order valence-corrected chi connectivity index (χ4v) is 5.11.